The third kappa shape index (κ3) is 4.46. The SMILES string of the molecule is CC(CNC(C)(C)C)C(C)c1cccc(Cl)c1Cl. The predicted octanol–water partition coefficient (Wildman–Crippen LogP) is 5.12. The van der Waals surface area contributed by atoms with Gasteiger partial charge in [0.05, 0.1) is 10.0 Å². The zero-order valence-corrected chi connectivity index (χ0v) is 13.4. The minimum Gasteiger partial charge on any atom is -0.312 e. The molecule has 1 rings (SSSR count). The normalized spacial score (nSPS) is 15.5. The molecule has 0 aromatic heterocycles. The fourth-order valence-electron chi connectivity index (χ4n) is 1.82. The molecule has 0 spiro atoms. The van der Waals surface area contributed by atoms with Gasteiger partial charge in [0.15, 0.2) is 0 Å². The zero-order valence-electron chi connectivity index (χ0n) is 11.8. The minimum atomic E-state index is 0.145. The van der Waals surface area contributed by atoms with Gasteiger partial charge in [-0.15, -0.1) is 0 Å². The monoisotopic (exact) mass is 287 g/mol. The van der Waals surface area contributed by atoms with Gasteiger partial charge in [-0.2, -0.15) is 0 Å². The second kappa shape index (κ2) is 6.27. The van der Waals surface area contributed by atoms with Gasteiger partial charge in [-0.25, -0.2) is 0 Å². The van der Waals surface area contributed by atoms with Gasteiger partial charge in [-0.3, -0.25) is 0 Å². The van der Waals surface area contributed by atoms with E-state index in [1.54, 1.807) is 0 Å². The number of hydrogen-bond donors (Lipinski definition) is 1. The quantitative estimate of drug-likeness (QED) is 0.810. The average Bonchev–Trinajstić information content (AvgIpc) is 2.28. The number of hydrogen-bond acceptors (Lipinski definition) is 1. The smallest absolute Gasteiger partial charge is 0.0627 e. The van der Waals surface area contributed by atoms with Gasteiger partial charge in [0.25, 0.3) is 0 Å². The zero-order chi connectivity index (χ0) is 13.9. The Morgan fingerprint density at radius 1 is 1.17 bits per heavy atom. The maximum Gasteiger partial charge on any atom is 0.0627 e. The summed E-state index contributed by atoms with van der Waals surface area (Å²) in [5.41, 5.74) is 1.28. The van der Waals surface area contributed by atoms with E-state index in [4.69, 9.17) is 23.2 Å². The van der Waals surface area contributed by atoms with Gasteiger partial charge >= 0.3 is 0 Å². The van der Waals surface area contributed by atoms with Crippen LogP contribution in [-0.4, -0.2) is 12.1 Å². The molecule has 0 amide bonds. The second-order valence-electron chi connectivity index (χ2n) is 6.04. The summed E-state index contributed by atoms with van der Waals surface area (Å²) >= 11 is 12.3. The fourth-order valence-corrected chi connectivity index (χ4v) is 2.30. The van der Waals surface area contributed by atoms with Crippen LogP contribution in [0.25, 0.3) is 0 Å². The Labute approximate surface area is 121 Å². The molecule has 0 radical (unpaired) electrons. The van der Waals surface area contributed by atoms with Crippen molar-refractivity contribution in [1.29, 1.82) is 0 Å². The maximum absolute atomic E-state index is 6.27. The van der Waals surface area contributed by atoms with Crippen LogP contribution in [0.3, 0.4) is 0 Å². The highest BCUT2D eigenvalue weighted by molar-refractivity contribution is 6.42. The highest BCUT2D eigenvalue weighted by Gasteiger charge is 2.20. The number of halogens is 2. The Hall–Kier alpha value is -0.240. The van der Waals surface area contributed by atoms with Crippen LogP contribution in [0.2, 0.25) is 10.0 Å². The van der Waals surface area contributed by atoms with Crippen LogP contribution in [0, 0.1) is 5.92 Å². The molecule has 3 heteroatoms. The largest absolute Gasteiger partial charge is 0.312 e. The van der Waals surface area contributed by atoms with Crippen molar-refractivity contribution in [2.45, 2.75) is 46.1 Å². The molecule has 0 aliphatic carbocycles. The van der Waals surface area contributed by atoms with E-state index in [1.165, 1.54) is 0 Å². The van der Waals surface area contributed by atoms with Crippen molar-refractivity contribution < 1.29 is 0 Å². The molecule has 0 saturated carbocycles. The van der Waals surface area contributed by atoms with E-state index in [9.17, 15) is 0 Å². The molecule has 2 unspecified atom stereocenters. The van der Waals surface area contributed by atoms with Gasteiger partial charge in [-0.05, 0) is 50.8 Å². The lowest BCUT2D eigenvalue weighted by Gasteiger charge is -2.27. The summed E-state index contributed by atoms with van der Waals surface area (Å²) in [6.07, 6.45) is 0. The van der Waals surface area contributed by atoms with E-state index in [2.05, 4.69) is 46.0 Å². The fraction of sp³-hybridized carbons (Fsp3) is 0.600. The Morgan fingerprint density at radius 2 is 1.78 bits per heavy atom. The molecule has 0 fully saturated rings. The van der Waals surface area contributed by atoms with Crippen molar-refractivity contribution >= 4 is 23.2 Å². The van der Waals surface area contributed by atoms with Crippen LogP contribution in [0.1, 0.15) is 46.1 Å². The van der Waals surface area contributed by atoms with Crippen molar-refractivity contribution in [3.05, 3.63) is 33.8 Å². The van der Waals surface area contributed by atoms with Crippen molar-refractivity contribution in [3.8, 4) is 0 Å². The van der Waals surface area contributed by atoms with Crippen molar-refractivity contribution in [3.63, 3.8) is 0 Å². The number of rotatable bonds is 4. The molecule has 18 heavy (non-hydrogen) atoms. The molecule has 2 atom stereocenters. The van der Waals surface area contributed by atoms with Crippen LogP contribution in [0.4, 0.5) is 0 Å². The Morgan fingerprint density at radius 3 is 2.33 bits per heavy atom. The maximum atomic E-state index is 6.27. The molecule has 0 bridgehead atoms. The number of benzene rings is 1. The third-order valence-corrected chi connectivity index (χ3v) is 4.11. The van der Waals surface area contributed by atoms with E-state index >= 15 is 0 Å². The summed E-state index contributed by atoms with van der Waals surface area (Å²) in [4.78, 5) is 0. The summed E-state index contributed by atoms with van der Waals surface area (Å²) in [7, 11) is 0. The van der Waals surface area contributed by atoms with Crippen LogP contribution in [0.15, 0.2) is 18.2 Å². The lowest BCUT2D eigenvalue weighted by molar-refractivity contribution is 0.359. The molecule has 1 nitrogen and oxygen atoms in total. The van der Waals surface area contributed by atoms with Crippen LogP contribution in [0.5, 0.6) is 0 Å². The summed E-state index contributed by atoms with van der Waals surface area (Å²) < 4.78 is 0. The average molecular weight is 288 g/mol. The topological polar surface area (TPSA) is 12.0 Å². The molecule has 0 saturated heterocycles. The molecule has 102 valence electrons. The highest BCUT2D eigenvalue weighted by atomic mass is 35.5. The molecule has 0 aliphatic heterocycles. The predicted molar refractivity (Wildman–Crippen MR) is 81.8 cm³/mol. The lowest BCUT2D eigenvalue weighted by atomic mass is 9.88. The lowest BCUT2D eigenvalue weighted by Crippen LogP contribution is -2.39. The van der Waals surface area contributed by atoms with Gasteiger partial charge in [0.1, 0.15) is 0 Å². The van der Waals surface area contributed by atoms with Crippen LogP contribution < -0.4 is 5.32 Å². The first-order valence-electron chi connectivity index (χ1n) is 6.41. The first-order chi connectivity index (χ1) is 8.22. The molecular formula is C15H23Cl2N. The molecular weight excluding hydrogens is 265 g/mol. The first kappa shape index (κ1) is 15.8. The summed E-state index contributed by atoms with van der Waals surface area (Å²) in [6.45, 7) is 11.9. The summed E-state index contributed by atoms with van der Waals surface area (Å²) in [5.74, 6) is 0.881. The van der Waals surface area contributed by atoms with E-state index in [0.717, 1.165) is 12.1 Å². The molecule has 1 aromatic rings. The molecule has 1 N–H and O–H groups in total. The molecule has 0 heterocycles. The highest BCUT2D eigenvalue weighted by Crippen LogP contribution is 2.34. The second-order valence-corrected chi connectivity index (χ2v) is 6.83. The van der Waals surface area contributed by atoms with E-state index in [-0.39, 0.29) is 5.54 Å². The third-order valence-electron chi connectivity index (χ3n) is 3.28. The Bertz CT molecular complexity index is 396. The molecule has 0 aliphatic rings. The number of nitrogens with one attached hydrogen (secondary N) is 1. The summed E-state index contributed by atoms with van der Waals surface area (Å²) in [5, 5.41) is 4.86. The Balaban J connectivity index is 2.74. The van der Waals surface area contributed by atoms with Gasteiger partial charge in [0, 0.05) is 5.54 Å². The van der Waals surface area contributed by atoms with Gasteiger partial charge in [-0.1, -0.05) is 49.2 Å². The Kier molecular flexibility index (Phi) is 5.51. The minimum absolute atomic E-state index is 0.145. The standard InChI is InChI=1S/C15H23Cl2N/c1-10(9-18-15(3,4)5)11(2)12-7-6-8-13(16)14(12)17/h6-8,10-11,18H,9H2,1-5H3. The summed E-state index contributed by atoms with van der Waals surface area (Å²) in [6, 6.07) is 5.86. The van der Waals surface area contributed by atoms with Crippen molar-refractivity contribution in [2.24, 2.45) is 5.92 Å². The first-order valence-corrected chi connectivity index (χ1v) is 7.17. The van der Waals surface area contributed by atoms with E-state index in [1.807, 2.05) is 12.1 Å². The van der Waals surface area contributed by atoms with Gasteiger partial charge < -0.3 is 5.32 Å². The van der Waals surface area contributed by atoms with Crippen molar-refractivity contribution in [1.82, 2.24) is 5.32 Å². The van der Waals surface area contributed by atoms with Crippen LogP contribution in [-0.2, 0) is 0 Å². The van der Waals surface area contributed by atoms with Gasteiger partial charge in [0.2, 0.25) is 0 Å². The van der Waals surface area contributed by atoms with E-state index < -0.39 is 0 Å². The van der Waals surface area contributed by atoms with Crippen LogP contribution >= 0.6 is 23.2 Å². The van der Waals surface area contributed by atoms with Crippen molar-refractivity contribution in [2.75, 3.05) is 6.54 Å². The van der Waals surface area contributed by atoms with E-state index in [0.29, 0.717) is 21.9 Å². The molecule has 1 aromatic carbocycles.